The maximum absolute atomic E-state index is 12.0. The van der Waals surface area contributed by atoms with Gasteiger partial charge in [-0.3, -0.25) is 9.78 Å². The lowest BCUT2D eigenvalue weighted by molar-refractivity contribution is -0.115. The van der Waals surface area contributed by atoms with Crippen LogP contribution in [0.1, 0.15) is 69.6 Å². The molecule has 1 fully saturated rings. The number of aromatic carboxylic acids is 1. The van der Waals surface area contributed by atoms with Gasteiger partial charge < -0.3 is 25.2 Å². The molecule has 1 saturated heterocycles. The van der Waals surface area contributed by atoms with Crippen LogP contribution < -0.4 is 15.5 Å². The van der Waals surface area contributed by atoms with Crippen molar-refractivity contribution >= 4 is 40.6 Å². The Hall–Kier alpha value is -4.50. The van der Waals surface area contributed by atoms with Gasteiger partial charge in [0, 0.05) is 41.1 Å². The van der Waals surface area contributed by atoms with E-state index in [1.165, 1.54) is 0 Å². The maximum Gasteiger partial charge on any atom is 0.335 e. The first kappa shape index (κ1) is 28.0. The van der Waals surface area contributed by atoms with Gasteiger partial charge in [-0.25, -0.2) is 4.79 Å². The summed E-state index contributed by atoms with van der Waals surface area (Å²) in [5.74, 6) is -1.00. The molecule has 1 aliphatic rings. The van der Waals surface area contributed by atoms with Gasteiger partial charge in [-0.05, 0) is 105 Å². The summed E-state index contributed by atoms with van der Waals surface area (Å²) in [4.78, 5) is 30.6. The van der Waals surface area contributed by atoms with Gasteiger partial charge in [-0.2, -0.15) is 0 Å². The molecule has 0 saturated carbocycles. The van der Waals surface area contributed by atoms with Crippen molar-refractivity contribution in [2.45, 2.75) is 53.1 Å². The summed E-state index contributed by atoms with van der Waals surface area (Å²) in [6.07, 6.45) is 2.18. The van der Waals surface area contributed by atoms with Crippen molar-refractivity contribution in [2.24, 2.45) is 0 Å². The zero-order valence-electron chi connectivity index (χ0n) is 23.7. The summed E-state index contributed by atoms with van der Waals surface area (Å²) < 4.78 is 2.11. The second-order valence-corrected chi connectivity index (χ2v) is 10.8. The van der Waals surface area contributed by atoms with E-state index in [0.717, 1.165) is 50.8 Å². The second kappa shape index (κ2) is 11.2. The first-order valence-electron chi connectivity index (χ1n) is 13.5. The van der Waals surface area contributed by atoms with Crippen LogP contribution in [0.25, 0.3) is 5.69 Å². The third kappa shape index (κ3) is 5.20. The number of thiocarbonyl (C=S) groups is 1. The number of carbonyl (C=O) groups is 2. The van der Waals surface area contributed by atoms with Crippen LogP contribution in [-0.4, -0.2) is 31.6 Å². The molecule has 0 spiro atoms. The van der Waals surface area contributed by atoms with Crippen molar-refractivity contribution in [3.63, 3.8) is 0 Å². The molecule has 0 bridgehead atoms. The van der Waals surface area contributed by atoms with E-state index < -0.39 is 5.97 Å². The topological polar surface area (TPSA) is 99.5 Å². The molecule has 1 amide bonds. The fraction of sp³-hybridized carbons (Fsp3) is 0.250. The molecule has 0 radical (unpaired) electrons. The fourth-order valence-electron chi connectivity index (χ4n) is 5.57. The minimum Gasteiger partial charge on any atom is -0.478 e. The predicted octanol–water partition coefficient (Wildman–Crippen LogP) is 6.33. The van der Waals surface area contributed by atoms with E-state index in [1.54, 1.807) is 18.3 Å². The third-order valence-corrected chi connectivity index (χ3v) is 7.98. The number of hydrogen-bond acceptors (Lipinski definition) is 4. The number of benzene rings is 2. The van der Waals surface area contributed by atoms with Crippen LogP contribution in [0.3, 0.4) is 0 Å². The van der Waals surface area contributed by atoms with Gasteiger partial charge >= 0.3 is 5.97 Å². The number of anilines is 2. The molecule has 8 nitrogen and oxygen atoms in total. The number of amides is 1. The number of nitrogens with zero attached hydrogens (tertiary/aromatic N) is 3. The maximum atomic E-state index is 12.0. The largest absolute Gasteiger partial charge is 0.478 e. The van der Waals surface area contributed by atoms with Crippen LogP contribution in [-0.2, 0) is 4.79 Å². The first-order chi connectivity index (χ1) is 19.6. The highest BCUT2D eigenvalue weighted by Gasteiger charge is 2.42. The zero-order chi connectivity index (χ0) is 29.4. The van der Waals surface area contributed by atoms with Crippen molar-refractivity contribution in [1.29, 1.82) is 0 Å². The number of carboxylic acids is 1. The van der Waals surface area contributed by atoms with E-state index in [2.05, 4.69) is 38.1 Å². The van der Waals surface area contributed by atoms with Gasteiger partial charge in [0.15, 0.2) is 5.11 Å². The Kier molecular flexibility index (Phi) is 7.64. The molecule has 9 heteroatoms. The molecule has 0 aliphatic carbocycles. The molecule has 2 atom stereocenters. The SMILES string of the molecule is CCC(=O)Nc1ccc(N2C(=S)N[C@H](c3ccccn3)[C@H]2c2cc(C)n(-c3cc(C(=O)O)ccc3C)c2C)cc1C. The Labute approximate surface area is 245 Å². The molecule has 4 aromatic rings. The summed E-state index contributed by atoms with van der Waals surface area (Å²) in [5, 5.41) is 16.7. The molecule has 0 unspecified atom stereocenters. The van der Waals surface area contributed by atoms with Crippen molar-refractivity contribution in [2.75, 3.05) is 10.2 Å². The number of carboxylic acid groups (broad SMARTS) is 1. The smallest absolute Gasteiger partial charge is 0.335 e. The van der Waals surface area contributed by atoms with Crippen molar-refractivity contribution < 1.29 is 14.7 Å². The third-order valence-electron chi connectivity index (χ3n) is 7.67. The minimum atomic E-state index is -0.963. The van der Waals surface area contributed by atoms with Gasteiger partial charge in [-0.1, -0.05) is 19.1 Å². The van der Waals surface area contributed by atoms with E-state index in [-0.39, 0.29) is 23.6 Å². The summed E-state index contributed by atoms with van der Waals surface area (Å²) >= 11 is 5.93. The Balaban J connectivity index is 1.66. The van der Waals surface area contributed by atoms with Crippen LogP contribution in [0.2, 0.25) is 0 Å². The number of carbonyl (C=O) groups excluding carboxylic acids is 1. The molecule has 5 rings (SSSR count). The highest BCUT2D eigenvalue weighted by Crippen LogP contribution is 2.44. The number of hydrogen-bond donors (Lipinski definition) is 3. The van der Waals surface area contributed by atoms with E-state index >= 15 is 0 Å². The average Bonchev–Trinajstić information content (AvgIpc) is 3.45. The Morgan fingerprint density at radius 3 is 2.46 bits per heavy atom. The molecule has 2 aromatic carbocycles. The average molecular weight is 568 g/mol. The van der Waals surface area contributed by atoms with Crippen LogP contribution >= 0.6 is 12.2 Å². The highest BCUT2D eigenvalue weighted by molar-refractivity contribution is 7.80. The summed E-state index contributed by atoms with van der Waals surface area (Å²) in [6.45, 7) is 9.86. The molecule has 1 aliphatic heterocycles. The first-order valence-corrected chi connectivity index (χ1v) is 14.0. The van der Waals surface area contributed by atoms with Gasteiger partial charge in [0.05, 0.1) is 23.3 Å². The van der Waals surface area contributed by atoms with Crippen LogP contribution in [0.15, 0.2) is 66.9 Å². The van der Waals surface area contributed by atoms with Crippen molar-refractivity contribution in [3.8, 4) is 5.69 Å². The van der Waals surface area contributed by atoms with Crippen molar-refractivity contribution in [1.82, 2.24) is 14.9 Å². The molecular weight excluding hydrogens is 534 g/mol. The number of rotatable bonds is 7. The fourth-order valence-corrected chi connectivity index (χ4v) is 5.91. The number of aryl methyl sites for hydroxylation is 3. The normalized spacial score (nSPS) is 16.5. The number of pyridine rings is 1. The number of nitrogens with one attached hydrogen (secondary N) is 2. The lowest BCUT2D eigenvalue weighted by atomic mass is 9.96. The molecular formula is C32H33N5O3S. The van der Waals surface area contributed by atoms with Gasteiger partial charge in [-0.15, -0.1) is 0 Å². The van der Waals surface area contributed by atoms with E-state index in [0.29, 0.717) is 11.5 Å². The summed E-state index contributed by atoms with van der Waals surface area (Å²) in [7, 11) is 0. The lowest BCUT2D eigenvalue weighted by Gasteiger charge is -2.29. The predicted molar refractivity (Wildman–Crippen MR) is 165 cm³/mol. The van der Waals surface area contributed by atoms with E-state index in [1.807, 2.05) is 70.2 Å². The van der Waals surface area contributed by atoms with Gasteiger partial charge in [0.1, 0.15) is 0 Å². The molecule has 41 heavy (non-hydrogen) atoms. The number of aromatic nitrogens is 2. The van der Waals surface area contributed by atoms with Crippen molar-refractivity contribution in [3.05, 3.63) is 106 Å². The van der Waals surface area contributed by atoms with Crippen LogP contribution in [0.5, 0.6) is 0 Å². The van der Waals surface area contributed by atoms with E-state index in [4.69, 9.17) is 12.2 Å². The highest BCUT2D eigenvalue weighted by atomic mass is 32.1. The van der Waals surface area contributed by atoms with Crippen LogP contribution in [0, 0.1) is 27.7 Å². The lowest BCUT2D eigenvalue weighted by Crippen LogP contribution is -2.29. The quantitative estimate of drug-likeness (QED) is 0.225. The van der Waals surface area contributed by atoms with Crippen LogP contribution in [0.4, 0.5) is 11.4 Å². The molecule has 3 N–H and O–H groups in total. The Morgan fingerprint density at radius 1 is 1.02 bits per heavy atom. The standard InChI is InChI=1S/C32H33N5O3S/c1-6-28(38)34-25-13-12-23(15-19(25)3)37-30(29(35-32(37)41)26-9-7-8-14-33-26)24-16-20(4)36(21(24)5)27-17-22(31(39)40)11-10-18(27)2/h7-17,29-30H,6H2,1-5H3,(H,34,38)(H,35,41)(H,39,40)/t29-,30-/m1/s1. The molecule has 210 valence electrons. The monoisotopic (exact) mass is 567 g/mol. The molecule has 2 aromatic heterocycles. The van der Waals surface area contributed by atoms with Gasteiger partial charge in [0.2, 0.25) is 5.91 Å². The van der Waals surface area contributed by atoms with Gasteiger partial charge in [0.25, 0.3) is 0 Å². The summed E-state index contributed by atoms with van der Waals surface area (Å²) in [5.41, 5.74) is 8.51. The molecule has 3 heterocycles. The Bertz CT molecular complexity index is 1660. The Morgan fingerprint density at radius 2 is 1.80 bits per heavy atom. The minimum absolute atomic E-state index is 0.0398. The van der Waals surface area contributed by atoms with E-state index in [9.17, 15) is 14.7 Å². The summed E-state index contributed by atoms with van der Waals surface area (Å²) in [6, 6.07) is 18.6. The zero-order valence-corrected chi connectivity index (χ0v) is 24.5. The second-order valence-electron chi connectivity index (χ2n) is 10.4.